The van der Waals surface area contributed by atoms with Crippen LogP contribution in [-0.2, 0) is 9.53 Å². The number of hydrogen-bond acceptors (Lipinski definition) is 5. The summed E-state index contributed by atoms with van der Waals surface area (Å²) in [6, 6.07) is -1.04. The molecule has 0 spiro atoms. The third kappa shape index (κ3) is 2.54. The van der Waals surface area contributed by atoms with Crippen LogP contribution in [0.2, 0.25) is 0 Å². The predicted molar refractivity (Wildman–Crippen MR) is 50.9 cm³/mol. The highest BCUT2D eigenvalue weighted by molar-refractivity contribution is 9.09. The SMILES string of the molecule is Cl.N[C@@H]1C(=O)O[C@H]([C@H](O)CBr)[C@@H]1O. The number of aliphatic hydroxyl groups excluding tert-OH is 2. The zero-order chi connectivity index (χ0) is 9.30. The summed E-state index contributed by atoms with van der Waals surface area (Å²) < 4.78 is 4.64. The number of halogens is 2. The summed E-state index contributed by atoms with van der Waals surface area (Å²) in [5, 5.41) is 18.7. The quantitative estimate of drug-likeness (QED) is 0.434. The van der Waals surface area contributed by atoms with Crippen LogP contribution in [0.15, 0.2) is 0 Å². The maximum Gasteiger partial charge on any atom is 0.326 e. The second kappa shape index (κ2) is 5.11. The Morgan fingerprint density at radius 3 is 2.54 bits per heavy atom. The van der Waals surface area contributed by atoms with Crippen LogP contribution >= 0.6 is 28.3 Å². The predicted octanol–water partition coefficient (Wildman–Crippen LogP) is -1.22. The number of ether oxygens (including phenoxy) is 1. The van der Waals surface area contributed by atoms with E-state index in [9.17, 15) is 15.0 Å². The third-order valence-corrected chi connectivity index (χ3v) is 2.43. The Kier molecular flexibility index (Phi) is 5.16. The molecule has 0 bridgehead atoms. The highest BCUT2D eigenvalue weighted by atomic mass is 79.9. The molecule has 1 aliphatic rings. The van der Waals surface area contributed by atoms with Crippen LogP contribution in [0.25, 0.3) is 0 Å². The zero-order valence-corrected chi connectivity index (χ0v) is 8.99. The van der Waals surface area contributed by atoms with E-state index in [0.29, 0.717) is 0 Å². The lowest BCUT2D eigenvalue weighted by molar-refractivity contribution is -0.146. The lowest BCUT2D eigenvalue weighted by Crippen LogP contribution is -2.43. The zero-order valence-electron chi connectivity index (χ0n) is 6.59. The van der Waals surface area contributed by atoms with Gasteiger partial charge in [-0.1, -0.05) is 15.9 Å². The molecule has 0 aromatic heterocycles. The van der Waals surface area contributed by atoms with Gasteiger partial charge in [-0.05, 0) is 0 Å². The molecule has 0 amide bonds. The van der Waals surface area contributed by atoms with E-state index in [4.69, 9.17) is 5.73 Å². The molecule has 4 N–H and O–H groups in total. The Hall–Kier alpha value is 0.120. The number of nitrogens with two attached hydrogens (primary N) is 1. The van der Waals surface area contributed by atoms with E-state index in [1.807, 2.05) is 0 Å². The molecular weight excluding hydrogens is 265 g/mol. The lowest BCUT2D eigenvalue weighted by atomic mass is 10.1. The van der Waals surface area contributed by atoms with Gasteiger partial charge < -0.3 is 20.7 Å². The molecule has 4 atom stereocenters. The minimum atomic E-state index is -1.12. The van der Waals surface area contributed by atoms with E-state index in [2.05, 4.69) is 20.7 Å². The molecule has 0 aromatic rings. The van der Waals surface area contributed by atoms with Crippen molar-refractivity contribution in [3.8, 4) is 0 Å². The number of cyclic esters (lactones) is 1. The van der Waals surface area contributed by atoms with Gasteiger partial charge in [-0.2, -0.15) is 0 Å². The van der Waals surface area contributed by atoms with E-state index >= 15 is 0 Å². The summed E-state index contributed by atoms with van der Waals surface area (Å²) in [5.74, 6) is -0.674. The van der Waals surface area contributed by atoms with Crippen molar-refractivity contribution in [1.29, 1.82) is 0 Å². The summed E-state index contributed by atoms with van der Waals surface area (Å²) in [6.45, 7) is 0. The van der Waals surface area contributed by atoms with Gasteiger partial charge in [0, 0.05) is 5.33 Å². The Labute approximate surface area is 89.8 Å². The molecule has 0 radical (unpaired) electrons. The average Bonchev–Trinajstić information content (AvgIpc) is 2.32. The van der Waals surface area contributed by atoms with Gasteiger partial charge in [0.25, 0.3) is 0 Å². The summed E-state index contributed by atoms with van der Waals surface area (Å²) in [5.41, 5.74) is 5.25. The molecule has 5 nitrogen and oxygen atoms in total. The van der Waals surface area contributed by atoms with Gasteiger partial charge in [0.05, 0.1) is 0 Å². The Bertz CT molecular complexity index is 193. The number of carbonyl (C=O) groups excluding carboxylic acids is 1. The lowest BCUT2D eigenvalue weighted by Gasteiger charge is -2.17. The first-order valence-corrected chi connectivity index (χ1v) is 4.58. The van der Waals surface area contributed by atoms with Crippen molar-refractivity contribution in [1.82, 2.24) is 0 Å². The second-order valence-electron chi connectivity index (χ2n) is 2.64. The first-order valence-electron chi connectivity index (χ1n) is 3.46. The van der Waals surface area contributed by atoms with Crippen LogP contribution in [0, 0.1) is 0 Å². The van der Waals surface area contributed by atoms with Crippen molar-refractivity contribution in [2.45, 2.75) is 24.4 Å². The Morgan fingerprint density at radius 2 is 2.23 bits per heavy atom. The van der Waals surface area contributed by atoms with Gasteiger partial charge in [-0.3, -0.25) is 4.79 Å². The van der Waals surface area contributed by atoms with Crippen LogP contribution < -0.4 is 5.73 Å². The largest absolute Gasteiger partial charge is 0.455 e. The second-order valence-corrected chi connectivity index (χ2v) is 3.29. The monoisotopic (exact) mass is 275 g/mol. The van der Waals surface area contributed by atoms with Crippen molar-refractivity contribution < 1.29 is 19.7 Å². The molecule has 1 heterocycles. The number of hydrogen-bond donors (Lipinski definition) is 3. The third-order valence-electron chi connectivity index (χ3n) is 1.77. The van der Waals surface area contributed by atoms with Gasteiger partial charge in [-0.25, -0.2) is 0 Å². The van der Waals surface area contributed by atoms with E-state index in [0.717, 1.165) is 0 Å². The molecule has 7 heteroatoms. The first-order chi connectivity index (χ1) is 5.57. The number of carbonyl (C=O) groups is 1. The Balaban J connectivity index is 0.00000144. The molecule has 78 valence electrons. The summed E-state index contributed by atoms with van der Waals surface area (Å²) in [6.07, 6.45) is -2.95. The standard InChI is InChI=1S/C6H10BrNO4.ClH/c7-1-2(9)5-4(10)3(8)6(11)12-5;/h2-5,9-10H,1,8H2;1H/t2-,3+,4-,5-;/m1./s1. The molecular formula is C6H11BrClNO4. The van der Waals surface area contributed by atoms with Crippen LogP contribution in [0.3, 0.4) is 0 Å². The number of esters is 1. The first kappa shape index (κ1) is 13.1. The van der Waals surface area contributed by atoms with Crippen LogP contribution in [0.4, 0.5) is 0 Å². The van der Waals surface area contributed by atoms with E-state index in [1.165, 1.54) is 0 Å². The highest BCUT2D eigenvalue weighted by Gasteiger charge is 2.44. The van der Waals surface area contributed by atoms with Crippen molar-refractivity contribution in [3.05, 3.63) is 0 Å². The van der Waals surface area contributed by atoms with Crippen molar-refractivity contribution in [2.24, 2.45) is 5.73 Å². The molecule has 0 saturated carbocycles. The molecule has 1 saturated heterocycles. The van der Waals surface area contributed by atoms with E-state index in [-0.39, 0.29) is 17.7 Å². The molecule has 1 rings (SSSR count). The molecule has 1 fully saturated rings. The normalized spacial score (nSPS) is 35.1. The van der Waals surface area contributed by atoms with Gasteiger partial charge in [0.1, 0.15) is 18.2 Å². The summed E-state index contributed by atoms with van der Waals surface area (Å²) in [7, 11) is 0. The fraction of sp³-hybridized carbons (Fsp3) is 0.833. The number of aliphatic hydroxyl groups is 2. The minimum absolute atomic E-state index is 0. The molecule has 13 heavy (non-hydrogen) atoms. The molecule has 0 aliphatic carbocycles. The summed E-state index contributed by atoms with van der Waals surface area (Å²) >= 11 is 3.00. The van der Waals surface area contributed by atoms with Crippen LogP contribution in [0.5, 0.6) is 0 Å². The van der Waals surface area contributed by atoms with Crippen molar-refractivity contribution in [3.63, 3.8) is 0 Å². The minimum Gasteiger partial charge on any atom is -0.455 e. The van der Waals surface area contributed by atoms with Crippen molar-refractivity contribution in [2.75, 3.05) is 5.33 Å². The Morgan fingerprint density at radius 1 is 1.69 bits per heavy atom. The van der Waals surface area contributed by atoms with E-state index < -0.39 is 30.3 Å². The highest BCUT2D eigenvalue weighted by Crippen LogP contribution is 2.18. The van der Waals surface area contributed by atoms with Gasteiger partial charge in [0.2, 0.25) is 0 Å². The number of alkyl halides is 1. The maximum absolute atomic E-state index is 10.8. The van der Waals surface area contributed by atoms with Gasteiger partial charge in [0.15, 0.2) is 6.10 Å². The molecule has 0 aromatic carbocycles. The van der Waals surface area contributed by atoms with Crippen LogP contribution in [-0.4, -0.2) is 45.9 Å². The van der Waals surface area contributed by atoms with Gasteiger partial charge >= 0.3 is 5.97 Å². The summed E-state index contributed by atoms with van der Waals surface area (Å²) in [4.78, 5) is 10.8. The smallest absolute Gasteiger partial charge is 0.326 e. The fourth-order valence-electron chi connectivity index (χ4n) is 1.02. The van der Waals surface area contributed by atoms with Crippen molar-refractivity contribution >= 4 is 34.3 Å². The van der Waals surface area contributed by atoms with E-state index in [1.54, 1.807) is 0 Å². The average molecular weight is 277 g/mol. The fourth-order valence-corrected chi connectivity index (χ4v) is 1.39. The topological polar surface area (TPSA) is 92.8 Å². The maximum atomic E-state index is 10.8. The number of rotatable bonds is 2. The van der Waals surface area contributed by atoms with Crippen LogP contribution in [0.1, 0.15) is 0 Å². The molecule has 1 aliphatic heterocycles. The van der Waals surface area contributed by atoms with Gasteiger partial charge in [-0.15, -0.1) is 12.4 Å². The molecule has 0 unspecified atom stereocenters.